The van der Waals surface area contributed by atoms with Crippen LogP contribution in [-0.4, -0.2) is 22.0 Å². The molecule has 1 unspecified atom stereocenters. The van der Waals surface area contributed by atoms with Gasteiger partial charge in [-0.05, 0) is 53.1 Å². The molecule has 1 atom stereocenters. The lowest BCUT2D eigenvalue weighted by Crippen LogP contribution is -2.31. The van der Waals surface area contributed by atoms with E-state index >= 15 is 0 Å². The summed E-state index contributed by atoms with van der Waals surface area (Å²) in [5.74, 6) is -0.888. The second-order valence-electron chi connectivity index (χ2n) is 6.94. The Hall–Kier alpha value is -3.84. The highest BCUT2D eigenvalue weighted by atomic mass is 19.1. The number of halogens is 1. The molecule has 0 saturated heterocycles. The van der Waals surface area contributed by atoms with Gasteiger partial charge in [0.1, 0.15) is 5.82 Å². The number of nitrogens with two attached hydrogens (primary N) is 2. The number of nitrogens with zero attached hydrogens (tertiary/aromatic N) is 2. The lowest BCUT2D eigenvalue weighted by molar-refractivity contribution is 0.1000. The molecule has 6 nitrogen and oxygen atoms in total. The van der Waals surface area contributed by atoms with Gasteiger partial charge >= 0.3 is 0 Å². The van der Waals surface area contributed by atoms with E-state index in [0.29, 0.717) is 27.6 Å². The van der Waals surface area contributed by atoms with E-state index in [1.165, 1.54) is 23.0 Å². The molecule has 30 heavy (non-hydrogen) atoms. The number of carbonyl (C=O) groups excluding carboxylic acids is 1. The first-order valence-electron chi connectivity index (χ1n) is 9.34. The molecule has 0 saturated carbocycles. The average molecular weight is 402 g/mol. The summed E-state index contributed by atoms with van der Waals surface area (Å²) in [6.07, 6.45) is 1.44. The van der Waals surface area contributed by atoms with E-state index in [2.05, 4.69) is 4.98 Å². The smallest absolute Gasteiger partial charge is 0.261 e. The summed E-state index contributed by atoms with van der Waals surface area (Å²) in [5.41, 5.74) is 14.0. The van der Waals surface area contributed by atoms with Gasteiger partial charge in [-0.3, -0.25) is 14.2 Å². The fraction of sp³-hybridized carbons (Fsp3) is 0.0870. The molecule has 0 aliphatic carbocycles. The molecule has 150 valence electrons. The maximum atomic E-state index is 13.5. The van der Waals surface area contributed by atoms with Crippen LogP contribution in [0.2, 0.25) is 0 Å². The Morgan fingerprint density at radius 3 is 2.53 bits per heavy atom. The van der Waals surface area contributed by atoms with Crippen molar-refractivity contribution in [1.29, 1.82) is 0 Å². The molecule has 1 heterocycles. The van der Waals surface area contributed by atoms with Crippen LogP contribution < -0.4 is 17.0 Å². The average Bonchev–Trinajstić information content (AvgIpc) is 2.76. The first-order valence-corrected chi connectivity index (χ1v) is 9.34. The standard InChI is InChI=1S/C23H19FN4O2/c24-18-6-2-3-14(10-18)15-7-8-19-20(11-15)27-13-28(23(19)30)21(12-25)16-4-1-5-17(9-16)22(26)29/h1-11,13,21H,12,25H2,(H2,26,29). The fourth-order valence-electron chi connectivity index (χ4n) is 3.51. The van der Waals surface area contributed by atoms with E-state index in [1.807, 2.05) is 0 Å². The Morgan fingerprint density at radius 2 is 1.80 bits per heavy atom. The molecule has 0 aliphatic heterocycles. The van der Waals surface area contributed by atoms with Gasteiger partial charge in [0.2, 0.25) is 5.91 Å². The third kappa shape index (κ3) is 3.58. The van der Waals surface area contributed by atoms with Gasteiger partial charge in [-0.2, -0.15) is 0 Å². The van der Waals surface area contributed by atoms with Crippen LogP contribution in [0.1, 0.15) is 22.0 Å². The number of hydrogen-bond donors (Lipinski definition) is 2. The summed E-state index contributed by atoms with van der Waals surface area (Å²) < 4.78 is 15.0. The number of benzene rings is 3. The molecule has 0 aliphatic rings. The highest BCUT2D eigenvalue weighted by Crippen LogP contribution is 2.24. The first kappa shape index (κ1) is 19.5. The zero-order chi connectivity index (χ0) is 21.3. The van der Waals surface area contributed by atoms with Crippen LogP contribution in [-0.2, 0) is 0 Å². The van der Waals surface area contributed by atoms with Gasteiger partial charge in [0.15, 0.2) is 0 Å². The number of aromatic nitrogens is 2. The summed E-state index contributed by atoms with van der Waals surface area (Å²) in [4.78, 5) is 29.1. The van der Waals surface area contributed by atoms with Gasteiger partial charge in [-0.1, -0.05) is 30.3 Å². The van der Waals surface area contributed by atoms with Crippen molar-refractivity contribution >= 4 is 16.8 Å². The van der Waals surface area contributed by atoms with Crippen LogP contribution in [0.4, 0.5) is 4.39 Å². The summed E-state index contributed by atoms with van der Waals surface area (Å²) in [6, 6.07) is 17.6. The summed E-state index contributed by atoms with van der Waals surface area (Å²) in [5, 5.41) is 0.419. The highest BCUT2D eigenvalue weighted by molar-refractivity contribution is 5.93. The van der Waals surface area contributed by atoms with Gasteiger partial charge < -0.3 is 11.5 Å². The predicted molar refractivity (Wildman–Crippen MR) is 114 cm³/mol. The van der Waals surface area contributed by atoms with Crippen LogP contribution in [0.5, 0.6) is 0 Å². The lowest BCUT2D eigenvalue weighted by Gasteiger charge is -2.19. The minimum absolute atomic E-state index is 0.136. The molecule has 7 heteroatoms. The van der Waals surface area contributed by atoms with E-state index in [4.69, 9.17) is 11.5 Å². The zero-order valence-electron chi connectivity index (χ0n) is 16.0. The van der Waals surface area contributed by atoms with Crippen molar-refractivity contribution < 1.29 is 9.18 Å². The van der Waals surface area contributed by atoms with E-state index in [-0.39, 0.29) is 17.9 Å². The number of hydrogen-bond acceptors (Lipinski definition) is 4. The minimum atomic E-state index is -0.554. The lowest BCUT2D eigenvalue weighted by atomic mass is 10.0. The molecular weight excluding hydrogens is 383 g/mol. The molecule has 4 rings (SSSR count). The summed E-state index contributed by atoms with van der Waals surface area (Å²) in [7, 11) is 0. The van der Waals surface area contributed by atoms with Gasteiger partial charge in [-0.25, -0.2) is 9.37 Å². The Balaban J connectivity index is 1.79. The van der Waals surface area contributed by atoms with E-state index < -0.39 is 11.9 Å². The molecule has 0 bridgehead atoms. The van der Waals surface area contributed by atoms with Crippen molar-refractivity contribution in [1.82, 2.24) is 9.55 Å². The molecule has 1 aromatic heterocycles. The number of fused-ring (bicyclic) bond motifs is 1. The van der Waals surface area contributed by atoms with Crippen LogP contribution in [0.15, 0.2) is 77.9 Å². The van der Waals surface area contributed by atoms with Crippen molar-refractivity contribution in [3.05, 3.63) is 100 Å². The molecule has 0 radical (unpaired) electrons. The molecule has 3 aromatic carbocycles. The predicted octanol–water partition coefficient (Wildman–Crippen LogP) is 2.85. The maximum Gasteiger partial charge on any atom is 0.261 e. The van der Waals surface area contributed by atoms with Gasteiger partial charge in [0, 0.05) is 12.1 Å². The Morgan fingerprint density at radius 1 is 1.03 bits per heavy atom. The third-order valence-electron chi connectivity index (χ3n) is 5.06. The number of amides is 1. The number of primary amides is 1. The Labute approximate surface area is 171 Å². The van der Waals surface area contributed by atoms with E-state index in [1.54, 1.807) is 54.6 Å². The van der Waals surface area contributed by atoms with Crippen LogP contribution in [0.3, 0.4) is 0 Å². The van der Waals surface area contributed by atoms with Gasteiger partial charge in [0.05, 0.1) is 23.3 Å². The SMILES string of the molecule is NCC(c1cccc(C(N)=O)c1)n1cnc2cc(-c3cccc(F)c3)ccc2c1=O. The normalized spacial score (nSPS) is 12.1. The molecule has 4 N–H and O–H groups in total. The number of carbonyl (C=O) groups is 1. The quantitative estimate of drug-likeness (QED) is 0.536. The highest BCUT2D eigenvalue weighted by Gasteiger charge is 2.17. The molecule has 4 aromatic rings. The summed E-state index contributed by atoms with van der Waals surface area (Å²) >= 11 is 0. The van der Waals surface area contributed by atoms with Crippen molar-refractivity contribution in [2.45, 2.75) is 6.04 Å². The third-order valence-corrected chi connectivity index (χ3v) is 5.06. The second-order valence-corrected chi connectivity index (χ2v) is 6.94. The molecular formula is C23H19FN4O2. The molecule has 0 fully saturated rings. The molecule has 0 spiro atoms. The van der Waals surface area contributed by atoms with Crippen molar-refractivity contribution in [3.8, 4) is 11.1 Å². The van der Waals surface area contributed by atoms with Crippen molar-refractivity contribution in [2.24, 2.45) is 11.5 Å². The number of rotatable bonds is 5. The Kier molecular flexibility index (Phi) is 5.12. The van der Waals surface area contributed by atoms with Crippen molar-refractivity contribution in [2.75, 3.05) is 6.54 Å². The van der Waals surface area contributed by atoms with E-state index in [9.17, 15) is 14.0 Å². The second kappa shape index (κ2) is 7.88. The zero-order valence-corrected chi connectivity index (χ0v) is 16.0. The van der Waals surface area contributed by atoms with Gasteiger partial charge in [0.25, 0.3) is 5.56 Å². The van der Waals surface area contributed by atoms with Crippen LogP contribution >= 0.6 is 0 Å². The monoisotopic (exact) mass is 402 g/mol. The minimum Gasteiger partial charge on any atom is -0.366 e. The maximum absolute atomic E-state index is 13.5. The first-order chi connectivity index (χ1) is 14.5. The Bertz CT molecular complexity index is 1320. The van der Waals surface area contributed by atoms with E-state index in [0.717, 1.165) is 5.56 Å². The summed E-state index contributed by atoms with van der Waals surface area (Å²) in [6.45, 7) is 0.136. The van der Waals surface area contributed by atoms with Gasteiger partial charge in [-0.15, -0.1) is 0 Å². The van der Waals surface area contributed by atoms with Crippen molar-refractivity contribution in [3.63, 3.8) is 0 Å². The van der Waals surface area contributed by atoms with Crippen LogP contribution in [0.25, 0.3) is 22.0 Å². The van der Waals surface area contributed by atoms with Crippen LogP contribution in [0, 0.1) is 5.82 Å². The topological polar surface area (TPSA) is 104 Å². The molecule has 1 amide bonds. The fourth-order valence-corrected chi connectivity index (χ4v) is 3.51. The largest absolute Gasteiger partial charge is 0.366 e.